The molecular formula is C24H26FNO5. The van der Waals surface area contributed by atoms with E-state index in [1.54, 1.807) is 58.0 Å². The molecular weight excluding hydrogens is 401 g/mol. The fourth-order valence-electron chi connectivity index (χ4n) is 4.00. The molecule has 1 aliphatic carbocycles. The maximum Gasteiger partial charge on any atom is 0.408 e. The number of Topliss-reactive ketones (excluding diaryl/α,β-unsaturated/α-hetero) is 1. The van der Waals surface area contributed by atoms with Gasteiger partial charge in [0.25, 0.3) is 0 Å². The van der Waals surface area contributed by atoms with Crippen molar-refractivity contribution in [1.29, 1.82) is 0 Å². The predicted octanol–water partition coefficient (Wildman–Crippen LogP) is 4.48. The number of rotatable bonds is 5. The molecule has 2 aromatic carbocycles. The van der Waals surface area contributed by atoms with Crippen molar-refractivity contribution < 1.29 is 28.2 Å². The van der Waals surface area contributed by atoms with Crippen LogP contribution in [0.3, 0.4) is 0 Å². The fraction of sp³-hybridized carbons (Fsp3) is 0.375. The van der Waals surface area contributed by atoms with Gasteiger partial charge in [0.15, 0.2) is 5.78 Å². The minimum Gasteiger partial charge on any atom is -0.466 e. The van der Waals surface area contributed by atoms with E-state index >= 15 is 0 Å². The Kier molecular flexibility index (Phi) is 6.15. The number of hydrogen-bond donors (Lipinski definition) is 1. The minimum absolute atomic E-state index is 0.160. The SMILES string of the molecule is CCOC(=O)C[C@@H]1c2cc(F)ccc2C(=O)[C@@]1(NC(=O)OC(C)(C)C)c1ccccc1. The van der Waals surface area contributed by atoms with E-state index in [4.69, 9.17) is 9.47 Å². The van der Waals surface area contributed by atoms with Crippen molar-refractivity contribution in [3.05, 3.63) is 71.0 Å². The number of halogens is 1. The second-order valence-electron chi connectivity index (χ2n) is 8.42. The highest BCUT2D eigenvalue weighted by molar-refractivity contribution is 6.11. The van der Waals surface area contributed by atoms with Gasteiger partial charge in [0.05, 0.1) is 13.0 Å². The first kappa shape index (κ1) is 22.5. The van der Waals surface area contributed by atoms with Crippen LogP contribution in [0.15, 0.2) is 48.5 Å². The van der Waals surface area contributed by atoms with Gasteiger partial charge in [0.1, 0.15) is 17.0 Å². The molecule has 0 saturated carbocycles. The highest BCUT2D eigenvalue weighted by Crippen LogP contribution is 2.49. The molecule has 1 aliphatic rings. The summed E-state index contributed by atoms with van der Waals surface area (Å²) >= 11 is 0. The molecule has 2 atom stereocenters. The van der Waals surface area contributed by atoms with Crippen molar-refractivity contribution >= 4 is 17.8 Å². The predicted molar refractivity (Wildman–Crippen MR) is 112 cm³/mol. The van der Waals surface area contributed by atoms with Crippen LogP contribution in [0.5, 0.6) is 0 Å². The molecule has 0 heterocycles. The summed E-state index contributed by atoms with van der Waals surface area (Å²) in [4.78, 5) is 39.0. The van der Waals surface area contributed by atoms with Gasteiger partial charge in [0, 0.05) is 11.5 Å². The van der Waals surface area contributed by atoms with Gasteiger partial charge in [-0.25, -0.2) is 9.18 Å². The molecule has 1 N–H and O–H groups in total. The van der Waals surface area contributed by atoms with E-state index in [1.165, 1.54) is 18.2 Å². The first-order valence-corrected chi connectivity index (χ1v) is 10.1. The molecule has 0 bridgehead atoms. The second kappa shape index (κ2) is 8.49. The van der Waals surface area contributed by atoms with Crippen LogP contribution in [0, 0.1) is 5.82 Å². The number of ether oxygens (including phenoxy) is 2. The number of amides is 1. The number of esters is 1. The number of carbonyl (C=O) groups excluding carboxylic acids is 3. The van der Waals surface area contributed by atoms with Crippen molar-refractivity contribution in [3.63, 3.8) is 0 Å². The zero-order valence-electron chi connectivity index (χ0n) is 18.0. The molecule has 7 heteroatoms. The average Bonchev–Trinajstić information content (AvgIpc) is 2.90. The summed E-state index contributed by atoms with van der Waals surface area (Å²) in [5, 5.41) is 2.74. The zero-order valence-corrected chi connectivity index (χ0v) is 18.0. The number of carbonyl (C=O) groups is 3. The lowest BCUT2D eigenvalue weighted by Crippen LogP contribution is -2.54. The maximum absolute atomic E-state index is 14.1. The van der Waals surface area contributed by atoms with Gasteiger partial charge in [-0.15, -0.1) is 0 Å². The summed E-state index contributed by atoms with van der Waals surface area (Å²) in [5.41, 5.74) is -1.39. The Balaban J connectivity index is 2.19. The molecule has 0 unspecified atom stereocenters. The summed E-state index contributed by atoms with van der Waals surface area (Å²) in [5.74, 6) is -2.40. The number of alkyl carbamates (subject to hydrolysis) is 1. The summed E-state index contributed by atoms with van der Waals surface area (Å²) in [6.45, 7) is 6.96. The van der Waals surface area contributed by atoms with E-state index in [-0.39, 0.29) is 18.6 Å². The molecule has 0 fully saturated rings. The van der Waals surface area contributed by atoms with Crippen LogP contribution in [-0.2, 0) is 19.8 Å². The normalized spacial score (nSPS) is 20.2. The number of fused-ring (bicyclic) bond motifs is 1. The average molecular weight is 427 g/mol. The van der Waals surface area contributed by atoms with Crippen LogP contribution in [0.25, 0.3) is 0 Å². The third-order valence-electron chi connectivity index (χ3n) is 5.12. The number of benzene rings is 2. The van der Waals surface area contributed by atoms with Crippen LogP contribution in [0.2, 0.25) is 0 Å². The Labute approximate surface area is 180 Å². The van der Waals surface area contributed by atoms with Crippen LogP contribution in [-0.4, -0.2) is 30.1 Å². The molecule has 164 valence electrons. The van der Waals surface area contributed by atoms with Gasteiger partial charge in [-0.3, -0.25) is 9.59 Å². The molecule has 0 radical (unpaired) electrons. The van der Waals surface area contributed by atoms with Gasteiger partial charge in [-0.05, 0) is 57.0 Å². The van der Waals surface area contributed by atoms with Crippen molar-refractivity contribution in [2.24, 2.45) is 0 Å². The van der Waals surface area contributed by atoms with Gasteiger partial charge in [0.2, 0.25) is 0 Å². The standard InChI is InChI=1S/C24H26FNO5/c1-5-30-20(27)14-19-18-13-16(25)11-12-17(18)21(28)24(19,15-9-7-6-8-10-15)26-22(29)31-23(2,3)4/h6-13,19H,5,14H2,1-4H3,(H,26,29)/t19-,24-/m1/s1. The van der Waals surface area contributed by atoms with E-state index in [2.05, 4.69) is 5.32 Å². The molecule has 0 spiro atoms. The van der Waals surface area contributed by atoms with Gasteiger partial charge < -0.3 is 14.8 Å². The van der Waals surface area contributed by atoms with Crippen molar-refractivity contribution in [2.75, 3.05) is 6.61 Å². The summed E-state index contributed by atoms with van der Waals surface area (Å²) < 4.78 is 24.7. The second-order valence-corrected chi connectivity index (χ2v) is 8.42. The lowest BCUT2D eigenvalue weighted by atomic mass is 9.76. The van der Waals surface area contributed by atoms with Crippen molar-refractivity contribution in [3.8, 4) is 0 Å². The Morgan fingerprint density at radius 3 is 2.42 bits per heavy atom. The van der Waals surface area contributed by atoms with Gasteiger partial charge in [-0.1, -0.05) is 30.3 Å². The van der Waals surface area contributed by atoms with E-state index in [0.717, 1.165) is 0 Å². The summed E-state index contributed by atoms with van der Waals surface area (Å²) in [6, 6.07) is 12.4. The van der Waals surface area contributed by atoms with Crippen LogP contribution < -0.4 is 5.32 Å². The summed E-state index contributed by atoms with van der Waals surface area (Å²) in [6.07, 6.45) is -1.03. The first-order chi connectivity index (χ1) is 14.6. The zero-order chi connectivity index (χ0) is 22.8. The monoisotopic (exact) mass is 427 g/mol. The number of ketones is 1. The topological polar surface area (TPSA) is 81.7 Å². The van der Waals surface area contributed by atoms with Crippen LogP contribution in [0.4, 0.5) is 9.18 Å². The summed E-state index contributed by atoms with van der Waals surface area (Å²) in [7, 11) is 0. The number of nitrogens with one attached hydrogen (secondary N) is 1. The first-order valence-electron chi connectivity index (χ1n) is 10.1. The third-order valence-corrected chi connectivity index (χ3v) is 5.12. The Morgan fingerprint density at radius 1 is 1.13 bits per heavy atom. The third kappa shape index (κ3) is 4.45. The minimum atomic E-state index is -1.65. The van der Waals surface area contributed by atoms with Gasteiger partial charge in [-0.2, -0.15) is 0 Å². The highest BCUT2D eigenvalue weighted by atomic mass is 19.1. The van der Waals surface area contributed by atoms with Crippen LogP contribution in [0.1, 0.15) is 61.5 Å². The van der Waals surface area contributed by atoms with E-state index in [0.29, 0.717) is 11.1 Å². The van der Waals surface area contributed by atoms with Gasteiger partial charge >= 0.3 is 12.1 Å². The quantitative estimate of drug-likeness (QED) is 0.712. The Bertz CT molecular complexity index is 999. The Hall–Kier alpha value is -3.22. The molecule has 2 aromatic rings. The number of hydrogen-bond acceptors (Lipinski definition) is 5. The molecule has 0 saturated heterocycles. The van der Waals surface area contributed by atoms with Crippen molar-refractivity contribution in [1.82, 2.24) is 5.32 Å². The molecule has 3 rings (SSSR count). The van der Waals surface area contributed by atoms with E-state index in [1.807, 2.05) is 0 Å². The molecule has 6 nitrogen and oxygen atoms in total. The van der Waals surface area contributed by atoms with E-state index in [9.17, 15) is 18.8 Å². The maximum atomic E-state index is 14.1. The van der Waals surface area contributed by atoms with Crippen LogP contribution >= 0.6 is 0 Å². The highest BCUT2D eigenvalue weighted by Gasteiger charge is 2.56. The molecule has 31 heavy (non-hydrogen) atoms. The fourth-order valence-corrected chi connectivity index (χ4v) is 4.00. The van der Waals surface area contributed by atoms with E-state index < -0.39 is 40.7 Å². The lowest BCUT2D eigenvalue weighted by Gasteiger charge is -2.36. The Morgan fingerprint density at radius 2 is 1.81 bits per heavy atom. The van der Waals surface area contributed by atoms with Crippen molar-refractivity contribution in [2.45, 2.75) is 51.2 Å². The molecule has 0 aromatic heterocycles. The lowest BCUT2D eigenvalue weighted by molar-refractivity contribution is -0.143. The molecule has 0 aliphatic heterocycles. The smallest absolute Gasteiger partial charge is 0.408 e. The largest absolute Gasteiger partial charge is 0.466 e. The molecule has 1 amide bonds.